The lowest BCUT2D eigenvalue weighted by Crippen LogP contribution is -2.11. The van der Waals surface area contributed by atoms with Gasteiger partial charge in [0.15, 0.2) is 5.78 Å². The lowest BCUT2D eigenvalue weighted by atomic mass is 9.91. The number of ketones is 1. The molecule has 0 heterocycles. The van der Waals surface area contributed by atoms with Crippen molar-refractivity contribution in [2.24, 2.45) is 5.92 Å². The number of carbonyl (C=O) groups excluding carboxylic acids is 2. The maximum Gasteiger partial charge on any atom is 0.305 e. The summed E-state index contributed by atoms with van der Waals surface area (Å²) in [7, 11) is 1.43. The van der Waals surface area contributed by atoms with Gasteiger partial charge >= 0.3 is 5.97 Å². The molecule has 0 fully saturated rings. The summed E-state index contributed by atoms with van der Waals surface area (Å²) in [6.45, 7) is 2.05. The van der Waals surface area contributed by atoms with Crippen molar-refractivity contribution in [1.82, 2.24) is 0 Å². The molecule has 0 bridgehead atoms. The van der Waals surface area contributed by atoms with Crippen LogP contribution in [0.5, 0.6) is 0 Å². The number of Topliss-reactive ketones (excluding diaryl/α,β-unsaturated/α-hetero) is 1. The van der Waals surface area contributed by atoms with Crippen LogP contribution in [-0.4, -0.2) is 18.9 Å². The molecule has 2 aromatic rings. The molecule has 1 atom stereocenters. The molecule has 0 radical (unpaired) electrons. The van der Waals surface area contributed by atoms with E-state index in [4.69, 9.17) is 0 Å². The van der Waals surface area contributed by atoms with Crippen molar-refractivity contribution in [3.63, 3.8) is 0 Å². The van der Waals surface area contributed by atoms with Gasteiger partial charge in [0, 0.05) is 17.9 Å². The summed E-state index contributed by atoms with van der Waals surface area (Å²) in [5.74, 6) is 0.144. The molecule has 0 aliphatic heterocycles. The summed E-state index contributed by atoms with van der Waals surface area (Å²) in [6.07, 6.45) is 25.4. The minimum atomic E-state index is -0.140. The van der Waals surface area contributed by atoms with Crippen LogP contribution in [0.1, 0.15) is 75.1 Å². The summed E-state index contributed by atoms with van der Waals surface area (Å²) >= 11 is 0. The van der Waals surface area contributed by atoms with Crippen molar-refractivity contribution < 1.29 is 14.3 Å². The maximum absolute atomic E-state index is 12.9. The van der Waals surface area contributed by atoms with E-state index in [1.165, 1.54) is 7.11 Å². The normalized spacial score (nSPS) is 13.0. The van der Waals surface area contributed by atoms with Crippen molar-refractivity contribution in [1.29, 1.82) is 0 Å². The van der Waals surface area contributed by atoms with E-state index in [-0.39, 0.29) is 17.7 Å². The lowest BCUT2D eigenvalue weighted by Gasteiger charge is -2.12. The zero-order valence-electron chi connectivity index (χ0n) is 21.3. The van der Waals surface area contributed by atoms with E-state index in [1.807, 2.05) is 37.3 Å². The summed E-state index contributed by atoms with van der Waals surface area (Å²) in [4.78, 5) is 23.9. The third-order valence-electron chi connectivity index (χ3n) is 5.97. The second kappa shape index (κ2) is 17.3. The Morgan fingerprint density at radius 2 is 1.34 bits per heavy atom. The molecule has 2 rings (SSSR count). The van der Waals surface area contributed by atoms with E-state index in [9.17, 15) is 9.59 Å². The van der Waals surface area contributed by atoms with E-state index in [0.717, 1.165) is 67.7 Å². The number of carbonyl (C=O) groups is 2. The first-order valence-corrected chi connectivity index (χ1v) is 12.8. The number of methoxy groups -OCH3 is 1. The number of hydrogen-bond donors (Lipinski definition) is 0. The lowest BCUT2D eigenvalue weighted by molar-refractivity contribution is -0.140. The number of allylic oxidation sites excluding steroid dienone is 8. The molecule has 0 saturated heterocycles. The highest BCUT2D eigenvalue weighted by Gasteiger charge is 2.16. The van der Waals surface area contributed by atoms with Gasteiger partial charge in [-0.05, 0) is 62.1 Å². The molecule has 0 N–H and O–H groups in total. The molecule has 3 heteroatoms. The predicted molar refractivity (Wildman–Crippen MR) is 148 cm³/mol. The zero-order chi connectivity index (χ0) is 25.1. The Morgan fingerprint density at radius 3 is 2.00 bits per heavy atom. The zero-order valence-corrected chi connectivity index (χ0v) is 21.3. The number of unbranched alkanes of at least 4 members (excludes halogenated alkanes) is 2. The molecule has 0 saturated carbocycles. The highest BCUT2D eigenvalue weighted by molar-refractivity contribution is 6.08. The van der Waals surface area contributed by atoms with Crippen molar-refractivity contribution in [2.75, 3.05) is 7.11 Å². The first kappa shape index (κ1) is 28.0. The number of rotatable bonds is 16. The van der Waals surface area contributed by atoms with Gasteiger partial charge in [0.2, 0.25) is 0 Å². The summed E-state index contributed by atoms with van der Waals surface area (Å²) in [6, 6.07) is 14.1. The molecule has 0 spiro atoms. The summed E-state index contributed by atoms with van der Waals surface area (Å²) < 4.78 is 4.62. The van der Waals surface area contributed by atoms with Crippen LogP contribution in [-0.2, 0) is 9.53 Å². The van der Waals surface area contributed by atoms with Crippen LogP contribution in [0.3, 0.4) is 0 Å². The van der Waals surface area contributed by atoms with Crippen LogP contribution >= 0.6 is 0 Å². The minimum Gasteiger partial charge on any atom is -0.469 e. The molecule has 35 heavy (non-hydrogen) atoms. The Morgan fingerprint density at radius 1 is 0.771 bits per heavy atom. The molecule has 1 unspecified atom stereocenters. The molecule has 0 aliphatic carbocycles. The fraction of sp³-hybridized carbons (Fsp3) is 0.375. The molecule has 3 nitrogen and oxygen atoms in total. The van der Waals surface area contributed by atoms with Gasteiger partial charge in [-0.3, -0.25) is 9.59 Å². The van der Waals surface area contributed by atoms with Crippen molar-refractivity contribution in [3.8, 4) is 0 Å². The van der Waals surface area contributed by atoms with Crippen LogP contribution < -0.4 is 0 Å². The summed E-state index contributed by atoms with van der Waals surface area (Å²) in [5, 5.41) is 2.18. The Labute approximate surface area is 211 Å². The molecule has 0 amide bonds. The molecule has 2 aromatic carbocycles. The predicted octanol–water partition coefficient (Wildman–Crippen LogP) is 8.57. The van der Waals surface area contributed by atoms with Gasteiger partial charge in [0.25, 0.3) is 0 Å². The first-order valence-electron chi connectivity index (χ1n) is 12.8. The van der Waals surface area contributed by atoms with Gasteiger partial charge in [-0.2, -0.15) is 0 Å². The number of fused-ring (bicyclic) bond motifs is 1. The van der Waals surface area contributed by atoms with Gasteiger partial charge in [0.1, 0.15) is 0 Å². The van der Waals surface area contributed by atoms with Crippen LogP contribution in [0, 0.1) is 5.92 Å². The van der Waals surface area contributed by atoms with Crippen LogP contribution in [0.4, 0.5) is 0 Å². The number of ether oxygens (including phenoxy) is 1. The quantitative estimate of drug-likeness (QED) is 0.106. The molecule has 0 aliphatic rings. The highest BCUT2D eigenvalue weighted by Crippen LogP contribution is 2.23. The van der Waals surface area contributed by atoms with E-state index in [2.05, 4.69) is 65.5 Å². The Hall–Kier alpha value is -3.20. The minimum absolute atomic E-state index is 0.0376. The van der Waals surface area contributed by atoms with Crippen molar-refractivity contribution in [3.05, 3.63) is 96.6 Å². The molecular weight excluding hydrogens is 432 g/mol. The smallest absolute Gasteiger partial charge is 0.305 e. The van der Waals surface area contributed by atoms with Gasteiger partial charge in [-0.1, -0.05) is 98.0 Å². The van der Waals surface area contributed by atoms with Crippen LogP contribution in [0.25, 0.3) is 10.8 Å². The SMILES string of the molecule is COC(=O)CCCC=CCC=CCC=CCC=CCCCC(C)C(=O)c1cccc2ccccc12. The maximum atomic E-state index is 12.9. The van der Waals surface area contributed by atoms with E-state index >= 15 is 0 Å². The van der Waals surface area contributed by atoms with Gasteiger partial charge < -0.3 is 4.74 Å². The number of benzene rings is 2. The third-order valence-corrected chi connectivity index (χ3v) is 5.97. The standard InChI is InChI=1S/C32H40O3/c1-27(32(34)30-25-20-23-28-22-18-19-24-29(28)30)21-16-14-12-10-8-6-4-3-5-7-9-11-13-15-17-26-31(33)35-2/h4-7,10-13,18-20,22-25,27H,3,8-9,14-17,21,26H2,1-2H3. The Bertz CT molecular complexity index is 1020. The van der Waals surface area contributed by atoms with Gasteiger partial charge in [-0.25, -0.2) is 0 Å². The summed E-state index contributed by atoms with van der Waals surface area (Å²) in [5.41, 5.74) is 0.844. The van der Waals surface area contributed by atoms with E-state index < -0.39 is 0 Å². The van der Waals surface area contributed by atoms with Crippen LogP contribution in [0.2, 0.25) is 0 Å². The molecule has 186 valence electrons. The second-order valence-corrected chi connectivity index (χ2v) is 8.78. The number of esters is 1. The molecule has 0 aromatic heterocycles. The fourth-order valence-corrected chi connectivity index (χ4v) is 3.89. The largest absolute Gasteiger partial charge is 0.469 e. The molecular formula is C32H40O3. The van der Waals surface area contributed by atoms with E-state index in [0.29, 0.717) is 6.42 Å². The first-order chi connectivity index (χ1) is 17.1. The Kier molecular flexibility index (Phi) is 13.8. The van der Waals surface area contributed by atoms with Crippen LogP contribution in [0.15, 0.2) is 91.1 Å². The monoisotopic (exact) mass is 472 g/mol. The van der Waals surface area contributed by atoms with Crippen molar-refractivity contribution >= 4 is 22.5 Å². The topological polar surface area (TPSA) is 43.4 Å². The Balaban J connectivity index is 1.54. The average molecular weight is 473 g/mol. The second-order valence-electron chi connectivity index (χ2n) is 8.78. The van der Waals surface area contributed by atoms with Gasteiger partial charge in [-0.15, -0.1) is 0 Å². The van der Waals surface area contributed by atoms with Crippen molar-refractivity contribution in [2.45, 2.75) is 64.7 Å². The highest BCUT2D eigenvalue weighted by atomic mass is 16.5. The average Bonchev–Trinajstić information content (AvgIpc) is 2.89. The number of hydrogen-bond acceptors (Lipinski definition) is 3. The third kappa shape index (κ3) is 11.2. The van der Waals surface area contributed by atoms with E-state index in [1.54, 1.807) is 0 Å². The fourth-order valence-electron chi connectivity index (χ4n) is 3.89. The van der Waals surface area contributed by atoms with Gasteiger partial charge in [0.05, 0.1) is 7.11 Å².